The molecule has 2 aromatic heterocycles. The number of fused-ring (bicyclic) bond motifs is 1. The number of alkyl halides is 2. The fraction of sp³-hybridized carbons (Fsp3) is 0.455. The van der Waals surface area contributed by atoms with E-state index in [1.807, 2.05) is 26.1 Å². The van der Waals surface area contributed by atoms with Crippen LogP contribution in [0.1, 0.15) is 36.9 Å². The average Bonchev–Trinajstić information content (AvgIpc) is 2.99. The highest BCUT2D eigenvalue weighted by Crippen LogP contribution is 2.43. The Balaban J connectivity index is 1.76. The predicted molar refractivity (Wildman–Crippen MR) is 110 cm³/mol. The van der Waals surface area contributed by atoms with Crippen LogP contribution in [0.15, 0.2) is 24.4 Å². The van der Waals surface area contributed by atoms with Gasteiger partial charge in [-0.3, -0.25) is 0 Å². The molecule has 0 bridgehead atoms. The molecule has 166 valence electrons. The number of benzene rings is 1. The number of nitrogens with zero attached hydrogens (tertiary/aromatic N) is 3. The molecule has 31 heavy (non-hydrogen) atoms. The van der Waals surface area contributed by atoms with Gasteiger partial charge in [0.1, 0.15) is 11.5 Å². The number of halogens is 2. The molecule has 0 atom stereocenters. The fourth-order valence-electron chi connectivity index (χ4n) is 4.22. The van der Waals surface area contributed by atoms with Crippen LogP contribution in [0.25, 0.3) is 22.3 Å². The summed E-state index contributed by atoms with van der Waals surface area (Å²) in [5, 5.41) is 19.9. The zero-order chi connectivity index (χ0) is 22.3. The molecule has 0 saturated heterocycles. The van der Waals surface area contributed by atoms with Gasteiger partial charge >= 0.3 is 6.61 Å². The Morgan fingerprint density at radius 3 is 2.58 bits per heavy atom. The van der Waals surface area contributed by atoms with Crippen molar-refractivity contribution in [3.8, 4) is 22.8 Å². The van der Waals surface area contributed by atoms with E-state index in [-0.39, 0.29) is 18.6 Å². The minimum absolute atomic E-state index is 0.00393. The fourth-order valence-corrected chi connectivity index (χ4v) is 4.22. The minimum Gasteiger partial charge on any atom is -0.467 e. The zero-order valence-electron chi connectivity index (χ0n) is 17.9. The van der Waals surface area contributed by atoms with Crippen molar-refractivity contribution in [2.45, 2.75) is 51.9 Å². The molecular formula is C22H25F2N3O4. The third kappa shape index (κ3) is 4.20. The van der Waals surface area contributed by atoms with Crippen LogP contribution in [0.4, 0.5) is 8.78 Å². The van der Waals surface area contributed by atoms with E-state index in [1.54, 1.807) is 6.92 Å². The molecule has 1 saturated carbocycles. The van der Waals surface area contributed by atoms with Gasteiger partial charge in [0.2, 0.25) is 0 Å². The van der Waals surface area contributed by atoms with Gasteiger partial charge in [-0.2, -0.15) is 8.78 Å². The smallest absolute Gasteiger partial charge is 0.387 e. The molecule has 0 spiro atoms. The normalized spacial score (nSPS) is 20.8. The number of rotatable bonds is 7. The summed E-state index contributed by atoms with van der Waals surface area (Å²) in [6, 6.07) is 5.01. The summed E-state index contributed by atoms with van der Waals surface area (Å²) in [4.78, 5) is 0. The summed E-state index contributed by atoms with van der Waals surface area (Å²) >= 11 is 0. The van der Waals surface area contributed by atoms with Crippen molar-refractivity contribution < 1.29 is 28.1 Å². The predicted octanol–water partition coefficient (Wildman–Crippen LogP) is 4.39. The Kier molecular flexibility index (Phi) is 5.57. The lowest BCUT2D eigenvalue weighted by Crippen LogP contribution is -2.41. The third-order valence-corrected chi connectivity index (χ3v) is 5.61. The van der Waals surface area contributed by atoms with Crippen LogP contribution in [0.3, 0.4) is 0 Å². The summed E-state index contributed by atoms with van der Waals surface area (Å²) in [5.41, 5.74) is 2.98. The van der Waals surface area contributed by atoms with E-state index in [2.05, 4.69) is 19.5 Å². The molecule has 1 N–H and O–H groups in total. The quantitative estimate of drug-likeness (QED) is 0.557. The summed E-state index contributed by atoms with van der Waals surface area (Å²) < 4.78 is 42.6. The van der Waals surface area contributed by atoms with Gasteiger partial charge in [-0.15, -0.1) is 10.2 Å². The lowest BCUT2D eigenvalue weighted by Gasteiger charge is -2.41. The number of ether oxygens (including phenoxy) is 3. The van der Waals surface area contributed by atoms with Gasteiger partial charge in [0.05, 0.1) is 11.3 Å². The Morgan fingerprint density at radius 1 is 1.19 bits per heavy atom. The molecule has 4 rings (SSSR count). The van der Waals surface area contributed by atoms with Crippen molar-refractivity contribution >= 4 is 11.0 Å². The second-order valence-electron chi connectivity index (χ2n) is 8.29. The first kappa shape index (κ1) is 21.5. The second-order valence-corrected chi connectivity index (χ2v) is 8.29. The topological polar surface area (TPSA) is 78.6 Å². The Bertz CT molecular complexity index is 1110. The lowest BCUT2D eigenvalue weighted by atomic mass is 9.77. The van der Waals surface area contributed by atoms with Crippen LogP contribution < -0.4 is 9.47 Å². The maximum atomic E-state index is 12.7. The summed E-state index contributed by atoms with van der Waals surface area (Å²) in [5.74, 6) is 0.314. The maximum absolute atomic E-state index is 12.7. The van der Waals surface area contributed by atoms with E-state index in [1.165, 1.54) is 19.2 Å². The molecule has 2 heterocycles. The molecule has 0 unspecified atom stereocenters. The Hall–Kier alpha value is -2.78. The molecular weight excluding hydrogens is 408 g/mol. The van der Waals surface area contributed by atoms with Gasteiger partial charge < -0.3 is 23.9 Å². The van der Waals surface area contributed by atoms with E-state index in [4.69, 9.17) is 9.47 Å². The van der Waals surface area contributed by atoms with Crippen LogP contribution in [-0.2, 0) is 4.74 Å². The SMILES string of the molecule is COCOc1cc(OC(F)F)cc(C)c1-c1cc2c(C)cn(C3CC(C)(O)C3)c2nn1. The molecule has 1 fully saturated rings. The van der Waals surface area contributed by atoms with Crippen LogP contribution in [0.5, 0.6) is 11.5 Å². The van der Waals surface area contributed by atoms with E-state index in [9.17, 15) is 13.9 Å². The number of methoxy groups -OCH3 is 1. The number of hydrogen-bond donors (Lipinski definition) is 1. The van der Waals surface area contributed by atoms with Crippen molar-refractivity contribution in [3.63, 3.8) is 0 Å². The molecule has 0 radical (unpaired) electrons. The number of aromatic nitrogens is 3. The molecule has 1 aliphatic carbocycles. The van der Waals surface area contributed by atoms with Gasteiger partial charge in [0.15, 0.2) is 12.4 Å². The molecule has 0 amide bonds. The van der Waals surface area contributed by atoms with Crippen molar-refractivity contribution in [2.75, 3.05) is 13.9 Å². The first-order valence-electron chi connectivity index (χ1n) is 9.97. The minimum atomic E-state index is -2.94. The number of aliphatic hydroxyl groups is 1. The third-order valence-electron chi connectivity index (χ3n) is 5.61. The summed E-state index contributed by atoms with van der Waals surface area (Å²) in [6.07, 6.45) is 3.36. The number of aryl methyl sites for hydroxylation is 2. The monoisotopic (exact) mass is 433 g/mol. The van der Waals surface area contributed by atoms with Gasteiger partial charge in [-0.25, -0.2) is 0 Å². The summed E-state index contributed by atoms with van der Waals surface area (Å²) in [7, 11) is 1.47. The average molecular weight is 433 g/mol. The highest BCUT2D eigenvalue weighted by atomic mass is 19.3. The second kappa shape index (κ2) is 8.05. The van der Waals surface area contributed by atoms with Gasteiger partial charge in [-0.05, 0) is 56.9 Å². The highest BCUT2D eigenvalue weighted by Gasteiger charge is 2.40. The highest BCUT2D eigenvalue weighted by molar-refractivity contribution is 5.85. The largest absolute Gasteiger partial charge is 0.467 e. The maximum Gasteiger partial charge on any atom is 0.387 e. The van der Waals surface area contributed by atoms with E-state index < -0.39 is 12.2 Å². The molecule has 3 aromatic rings. The zero-order valence-corrected chi connectivity index (χ0v) is 17.9. The van der Waals surface area contributed by atoms with Crippen molar-refractivity contribution in [3.05, 3.63) is 35.5 Å². The van der Waals surface area contributed by atoms with Gasteiger partial charge in [-0.1, -0.05) is 0 Å². The van der Waals surface area contributed by atoms with Crippen LogP contribution in [0.2, 0.25) is 0 Å². The van der Waals surface area contributed by atoms with Crippen molar-refractivity contribution in [1.29, 1.82) is 0 Å². The van der Waals surface area contributed by atoms with Crippen molar-refractivity contribution in [2.24, 2.45) is 0 Å². The lowest BCUT2D eigenvalue weighted by molar-refractivity contribution is -0.0506. The van der Waals surface area contributed by atoms with E-state index in [0.717, 1.165) is 16.6 Å². The number of hydrogen-bond acceptors (Lipinski definition) is 6. The molecule has 9 heteroatoms. The first-order valence-corrected chi connectivity index (χ1v) is 9.97. The standard InChI is InChI=1S/C22H25F2N3O4/c1-12-5-15(31-21(23)24)6-18(30-11-29-4)19(12)17-7-16-13(2)10-27(20(16)26-25-17)14-8-22(3,28)9-14/h5-7,10,14,21,28H,8-9,11H2,1-4H3. The molecule has 1 aliphatic rings. The van der Waals surface area contributed by atoms with Crippen LogP contribution in [-0.4, -0.2) is 46.0 Å². The van der Waals surface area contributed by atoms with Crippen LogP contribution in [0, 0.1) is 13.8 Å². The van der Waals surface area contributed by atoms with Crippen LogP contribution >= 0.6 is 0 Å². The Morgan fingerprint density at radius 2 is 1.94 bits per heavy atom. The first-order chi connectivity index (χ1) is 14.7. The summed E-state index contributed by atoms with van der Waals surface area (Å²) in [6.45, 7) is 2.60. The molecule has 0 aliphatic heterocycles. The Labute approximate surface area is 178 Å². The van der Waals surface area contributed by atoms with Crippen molar-refractivity contribution in [1.82, 2.24) is 14.8 Å². The van der Waals surface area contributed by atoms with E-state index >= 15 is 0 Å². The van der Waals surface area contributed by atoms with E-state index in [0.29, 0.717) is 35.4 Å². The van der Waals surface area contributed by atoms with Gasteiger partial charge in [0, 0.05) is 36.4 Å². The molecule has 1 aromatic carbocycles. The van der Waals surface area contributed by atoms with Gasteiger partial charge in [0.25, 0.3) is 0 Å². The molecule has 7 nitrogen and oxygen atoms in total.